The Morgan fingerprint density at radius 2 is 1.71 bits per heavy atom. The Hall–Kier alpha value is -2.33. The largest absolute Gasteiger partial charge is 0.344 e. The van der Waals surface area contributed by atoms with Crippen molar-refractivity contribution in [3.05, 3.63) is 64.2 Å². The molecule has 5 heteroatoms. The topological polar surface area (TPSA) is 58.2 Å². The van der Waals surface area contributed by atoms with Crippen LogP contribution in [0.15, 0.2) is 42.5 Å². The van der Waals surface area contributed by atoms with Gasteiger partial charge in [0.15, 0.2) is 0 Å². The van der Waals surface area contributed by atoms with Crippen molar-refractivity contribution in [2.75, 3.05) is 5.32 Å². The Labute approximate surface area is 147 Å². The van der Waals surface area contributed by atoms with Gasteiger partial charge in [-0.05, 0) is 41.7 Å². The number of carbonyl (C=O) groups is 2. The normalized spacial score (nSPS) is 10.5. The smallest absolute Gasteiger partial charge is 0.313 e. The van der Waals surface area contributed by atoms with Crippen LogP contribution in [0.5, 0.6) is 0 Å². The van der Waals surface area contributed by atoms with Gasteiger partial charge in [-0.15, -0.1) is 0 Å². The van der Waals surface area contributed by atoms with Gasteiger partial charge in [-0.3, -0.25) is 9.59 Å². The van der Waals surface area contributed by atoms with Crippen LogP contribution < -0.4 is 10.6 Å². The van der Waals surface area contributed by atoms with Crippen LogP contribution in [-0.2, 0) is 16.1 Å². The molecule has 0 heterocycles. The fourth-order valence-corrected chi connectivity index (χ4v) is 2.38. The summed E-state index contributed by atoms with van der Waals surface area (Å²) >= 11 is 6.00. The van der Waals surface area contributed by atoms with Gasteiger partial charge >= 0.3 is 11.8 Å². The van der Waals surface area contributed by atoms with E-state index in [4.69, 9.17) is 11.6 Å². The maximum Gasteiger partial charge on any atom is 0.313 e. The first-order chi connectivity index (χ1) is 11.4. The van der Waals surface area contributed by atoms with E-state index in [-0.39, 0.29) is 0 Å². The number of anilines is 1. The van der Waals surface area contributed by atoms with E-state index in [9.17, 15) is 9.59 Å². The van der Waals surface area contributed by atoms with Crippen LogP contribution >= 0.6 is 11.6 Å². The van der Waals surface area contributed by atoms with Crippen LogP contribution in [0.2, 0.25) is 5.02 Å². The van der Waals surface area contributed by atoms with Crippen molar-refractivity contribution in [2.24, 2.45) is 0 Å². The molecule has 2 N–H and O–H groups in total. The predicted molar refractivity (Wildman–Crippen MR) is 97.2 cm³/mol. The first-order valence-electron chi connectivity index (χ1n) is 7.81. The number of nitrogens with one attached hydrogen (secondary N) is 2. The van der Waals surface area contributed by atoms with Crippen LogP contribution in [0.3, 0.4) is 0 Å². The molecule has 0 unspecified atom stereocenters. The summed E-state index contributed by atoms with van der Waals surface area (Å²) in [5.41, 5.74) is 3.44. The first kappa shape index (κ1) is 18.0. The van der Waals surface area contributed by atoms with Gasteiger partial charge in [-0.25, -0.2) is 0 Å². The zero-order valence-electron chi connectivity index (χ0n) is 14.0. The molecule has 126 valence electrons. The number of hydrogen-bond donors (Lipinski definition) is 2. The SMILES string of the molecule is Cc1c(Cl)cccc1NC(=O)C(=O)NCc1ccc(C(C)C)cc1. The molecule has 2 amide bonds. The van der Waals surface area contributed by atoms with E-state index in [2.05, 4.69) is 24.5 Å². The molecule has 0 bridgehead atoms. The van der Waals surface area contributed by atoms with Gasteiger partial charge in [0, 0.05) is 17.3 Å². The van der Waals surface area contributed by atoms with Gasteiger partial charge in [0.05, 0.1) is 0 Å². The van der Waals surface area contributed by atoms with Crippen LogP contribution in [0.4, 0.5) is 5.69 Å². The molecule has 4 nitrogen and oxygen atoms in total. The summed E-state index contributed by atoms with van der Waals surface area (Å²) in [6, 6.07) is 13.1. The molecule has 0 radical (unpaired) electrons. The molecule has 0 saturated carbocycles. The lowest BCUT2D eigenvalue weighted by molar-refractivity contribution is -0.136. The van der Waals surface area contributed by atoms with Crippen molar-refractivity contribution >= 4 is 29.1 Å². The minimum absolute atomic E-state index is 0.305. The molecule has 2 rings (SSSR count). The Bertz CT molecular complexity index is 740. The van der Waals surface area contributed by atoms with Crippen molar-refractivity contribution in [1.82, 2.24) is 5.32 Å². The number of hydrogen-bond acceptors (Lipinski definition) is 2. The second kappa shape index (κ2) is 7.97. The summed E-state index contributed by atoms with van der Waals surface area (Å²) in [7, 11) is 0. The third-order valence-corrected chi connectivity index (χ3v) is 4.23. The monoisotopic (exact) mass is 344 g/mol. The molecule has 0 aliphatic carbocycles. The van der Waals surface area contributed by atoms with E-state index < -0.39 is 11.8 Å². The van der Waals surface area contributed by atoms with Gasteiger partial charge < -0.3 is 10.6 Å². The van der Waals surface area contributed by atoms with Crippen LogP contribution in [0.1, 0.15) is 36.5 Å². The first-order valence-corrected chi connectivity index (χ1v) is 8.19. The number of amides is 2. The summed E-state index contributed by atoms with van der Waals surface area (Å²) in [6.45, 7) is 6.34. The van der Waals surface area contributed by atoms with Gasteiger partial charge in [-0.1, -0.05) is 55.8 Å². The third-order valence-electron chi connectivity index (χ3n) is 3.82. The fraction of sp³-hybridized carbons (Fsp3) is 0.263. The Balaban J connectivity index is 1.92. The molecular weight excluding hydrogens is 324 g/mol. The lowest BCUT2D eigenvalue weighted by Gasteiger charge is -2.10. The van der Waals surface area contributed by atoms with E-state index in [1.165, 1.54) is 5.56 Å². The van der Waals surface area contributed by atoms with Gasteiger partial charge in [-0.2, -0.15) is 0 Å². The molecule has 0 atom stereocenters. The number of rotatable bonds is 4. The standard InChI is InChI=1S/C19H21ClN2O2/c1-12(2)15-9-7-14(8-10-15)11-21-18(23)19(24)22-17-6-4-5-16(20)13(17)3/h4-10,12H,11H2,1-3H3,(H,21,23)(H,22,24). The highest BCUT2D eigenvalue weighted by molar-refractivity contribution is 6.40. The van der Waals surface area contributed by atoms with Crippen molar-refractivity contribution in [1.29, 1.82) is 0 Å². The summed E-state index contributed by atoms with van der Waals surface area (Å²) in [5, 5.41) is 5.73. The Morgan fingerprint density at radius 1 is 1.04 bits per heavy atom. The Kier molecular flexibility index (Phi) is 5.99. The molecule has 0 fully saturated rings. The number of carbonyl (C=O) groups excluding carboxylic acids is 2. The van der Waals surface area contributed by atoms with E-state index in [1.807, 2.05) is 24.3 Å². The second-order valence-electron chi connectivity index (χ2n) is 5.95. The maximum absolute atomic E-state index is 12.0. The zero-order valence-corrected chi connectivity index (χ0v) is 14.8. The molecule has 0 aromatic heterocycles. The number of benzene rings is 2. The molecule has 0 spiro atoms. The summed E-state index contributed by atoms with van der Waals surface area (Å²) in [5.74, 6) is -0.929. The van der Waals surface area contributed by atoms with E-state index in [0.29, 0.717) is 23.2 Å². The molecular formula is C19H21ClN2O2. The minimum atomic E-state index is -0.709. The van der Waals surface area contributed by atoms with Crippen molar-refractivity contribution in [2.45, 2.75) is 33.2 Å². The minimum Gasteiger partial charge on any atom is -0.344 e. The van der Waals surface area contributed by atoms with E-state index >= 15 is 0 Å². The molecule has 0 aliphatic heterocycles. The molecule has 2 aromatic carbocycles. The van der Waals surface area contributed by atoms with Crippen molar-refractivity contribution < 1.29 is 9.59 Å². The van der Waals surface area contributed by atoms with Crippen LogP contribution in [0, 0.1) is 6.92 Å². The summed E-state index contributed by atoms with van der Waals surface area (Å²) in [6.07, 6.45) is 0. The zero-order chi connectivity index (χ0) is 17.7. The quantitative estimate of drug-likeness (QED) is 0.823. The summed E-state index contributed by atoms with van der Waals surface area (Å²) in [4.78, 5) is 23.9. The Morgan fingerprint density at radius 3 is 2.33 bits per heavy atom. The van der Waals surface area contributed by atoms with Gasteiger partial charge in [0.25, 0.3) is 0 Å². The molecule has 0 saturated heterocycles. The molecule has 0 aliphatic rings. The lowest BCUT2D eigenvalue weighted by Crippen LogP contribution is -2.35. The predicted octanol–water partition coefficient (Wildman–Crippen LogP) is 4.03. The van der Waals surface area contributed by atoms with Gasteiger partial charge in [0.2, 0.25) is 0 Å². The van der Waals surface area contributed by atoms with Crippen molar-refractivity contribution in [3.8, 4) is 0 Å². The third kappa shape index (κ3) is 4.59. The van der Waals surface area contributed by atoms with Gasteiger partial charge in [0.1, 0.15) is 0 Å². The second-order valence-corrected chi connectivity index (χ2v) is 6.35. The maximum atomic E-state index is 12.0. The van der Waals surface area contributed by atoms with Crippen LogP contribution in [0.25, 0.3) is 0 Å². The highest BCUT2D eigenvalue weighted by atomic mass is 35.5. The highest BCUT2D eigenvalue weighted by Crippen LogP contribution is 2.22. The van der Waals surface area contributed by atoms with E-state index in [0.717, 1.165) is 11.1 Å². The molecule has 24 heavy (non-hydrogen) atoms. The molecule has 2 aromatic rings. The highest BCUT2D eigenvalue weighted by Gasteiger charge is 2.15. The number of halogens is 1. The average molecular weight is 345 g/mol. The average Bonchev–Trinajstić information content (AvgIpc) is 2.57. The van der Waals surface area contributed by atoms with E-state index in [1.54, 1.807) is 25.1 Å². The lowest BCUT2D eigenvalue weighted by atomic mass is 10.0. The van der Waals surface area contributed by atoms with Crippen molar-refractivity contribution in [3.63, 3.8) is 0 Å². The fourth-order valence-electron chi connectivity index (χ4n) is 2.20. The summed E-state index contributed by atoms with van der Waals surface area (Å²) < 4.78 is 0. The van der Waals surface area contributed by atoms with Crippen LogP contribution in [-0.4, -0.2) is 11.8 Å².